The summed E-state index contributed by atoms with van der Waals surface area (Å²) in [6.45, 7) is -0.239. The second-order valence-corrected chi connectivity index (χ2v) is 4.53. The number of hydrogen-bond acceptors (Lipinski definition) is 4. The lowest BCUT2D eigenvalue weighted by Crippen LogP contribution is -2.10. The molecule has 0 bridgehead atoms. The Bertz CT molecular complexity index is 647. The molecule has 0 heterocycles. The number of esters is 1. The fourth-order valence-electron chi connectivity index (χ4n) is 2.04. The third-order valence-electron chi connectivity index (χ3n) is 3.07. The number of hydrogen-bond donors (Lipinski definition) is 1. The van der Waals surface area contributed by atoms with E-state index in [2.05, 4.69) is 0 Å². The summed E-state index contributed by atoms with van der Waals surface area (Å²) in [6, 6.07) is 16.7. The monoisotopic (exact) mass is 298 g/mol. The molecule has 0 saturated carbocycles. The standard InChI is InChI=1S/C18H18O4/c1-21-17-10-6-5-9-15(17)13-16(18(20)22-12-11-19)14-7-3-2-4-8-14/h2-10,13,19H,11-12H2,1H3/b16-13-. The third-order valence-corrected chi connectivity index (χ3v) is 3.07. The van der Waals surface area contributed by atoms with E-state index in [1.54, 1.807) is 13.2 Å². The molecule has 0 unspecified atom stereocenters. The van der Waals surface area contributed by atoms with E-state index < -0.39 is 5.97 Å². The van der Waals surface area contributed by atoms with Crippen molar-refractivity contribution in [1.29, 1.82) is 0 Å². The highest BCUT2D eigenvalue weighted by molar-refractivity contribution is 6.21. The van der Waals surface area contributed by atoms with Crippen LogP contribution in [0.1, 0.15) is 11.1 Å². The lowest BCUT2D eigenvalue weighted by molar-refractivity contribution is -0.137. The molecule has 0 fully saturated rings. The second-order valence-electron chi connectivity index (χ2n) is 4.53. The predicted molar refractivity (Wildman–Crippen MR) is 85.4 cm³/mol. The normalized spacial score (nSPS) is 11.1. The molecule has 2 rings (SSSR count). The van der Waals surface area contributed by atoms with Crippen LogP contribution in [0.3, 0.4) is 0 Å². The van der Waals surface area contributed by atoms with Crippen molar-refractivity contribution in [3.63, 3.8) is 0 Å². The first-order chi connectivity index (χ1) is 10.8. The summed E-state index contributed by atoms with van der Waals surface area (Å²) < 4.78 is 10.4. The zero-order chi connectivity index (χ0) is 15.8. The first-order valence-electron chi connectivity index (χ1n) is 6.94. The minimum absolute atomic E-state index is 0.0328. The molecule has 0 aromatic heterocycles. The molecule has 0 radical (unpaired) electrons. The molecule has 22 heavy (non-hydrogen) atoms. The van der Waals surface area contributed by atoms with Crippen LogP contribution in [0.4, 0.5) is 0 Å². The minimum atomic E-state index is -0.480. The van der Waals surface area contributed by atoms with Crippen molar-refractivity contribution in [3.05, 3.63) is 65.7 Å². The van der Waals surface area contributed by atoms with Crippen molar-refractivity contribution in [1.82, 2.24) is 0 Å². The maximum absolute atomic E-state index is 12.3. The van der Waals surface area contributed by atoms with Crippen molar-refractivity contribution >= 4 is 17.6 Å². The number of carbonyl (C=O) groups is 1. The largest absolute Gasteiger partial charge is 0.496 e. The number of para-hydroxylation sites is 1. The molecule has 0 amide bonds. The van der Waals surface area contributed by atoms with Gasteiger partial charge in [0.1, 0.15) is 12.4 Å². The molecule has 0 saturated heterocycles. The van der Waals surface area contributed by atoms with Crippen LogP contribution in [0.25, 0.3) is 11.6 Å². The topological polar surface area (TPSA) is 55.8 Å². The number of rotatable bonds is 6. The van der Waals surface area contributed by atoms with Gasteiger partial charge in [0, 0.05) is 5.56 Å². The van der Waals surface area contributed by atoms with Crippen LogP contribution in [0.2, 0.25) is 0 Å². The Morgan fingerprint density at radius 3 is 2.45 bits per heavy atom. The Balaban J connectivity index is 2.44. The molecule has 2 aromatic rings. The molecule has 0 spiro atoms. The highest BCUT2D eigenvalue weighted by Crippen LogP contribution is 2.25. The van der Waals surface area contributed by atoms with E-state index >= 15 is 0 Å². The van der Waals surface area contributed by atoms with Gasteiger partial charge in [-0.05, 0) is 17.7 Å². The third kappa shape index (κ3) is 3.96. The molecule has 2 aromatic carbocycles. The van der Waals surface area contributed by atoms with Crippen molar-refractivity contribution in [2.45, 2.75) is 0 Å². The van der Waals surface area contributed by atoms with Crippen LogP contribution in [-0.2, 0) is 9.53 Å². The summed E-state index contributed by atoms with van der Waals surface area (Å²) in [4.78, 5) is 12.3. The van der Waals surface area contributed by atoms with E-state index in [0.717, 1.165) is 11.1 Å². The van der Waals surface area contributed by atoms with E-state index in [9.17, 15) is 4.79 Å². The van der Waals surface area contributed by atoms with E-state index in [4.69, 9.17) is 14.6 Å². The fraction of sp³-hybridized carbons (Fsp3) is 0.167. The highest BCUT2D eigenvalue weighted by atomic mass is 16.5. The van der Waals surface area contributed by atoms with Gasteiger partial charge in [0.2, 0.25) is 0 Å². The highest BCUT2D eigenvalue weighted by Gasteiger charge is 2.14. The number of aliphatic hydroxyl groups is 1. The summed E-state index contributed by atoms with van der Waals surface area (Å²) in [5.74, 6) is 0.192. The van der Waals surface area contributed by atoms with Crippen LogP contribution >= 0.6 is 0 Å². The van der Waals surface area contributed by atoms with Gasteiger partial charge in [-0.15, -0.1) is 0 Å². The van der Waals surface area contributed by atoms with Gasteiger partial charge in [-0.2, -0.15) is 0 Å². The number of ether oxygens (including phenoxy) is 2. The lowest BCUT2D eigenvalue weighted by atomic mass is 10.0. The molecule has 0 aliphatic heterocycles. The van der Waals surface area contributed by atoms with Gasteiger partial charge in [0.25, 0.3) is 0 Å². The van der Waals surface area contributed by atoms with E-state index in [-0.39, 0.29) is 13.2 Å². The molecule has 0 aliphatic rings. The van der Waals surface area contributed by atoms with Gasteiger partial charge >= 0.3 is 5.97 Å². The average molecular weight is 298 g/mol. The van der Waals surface area contributed by atoms with Gasteiger partial charge in [0.05, 0.1) is 19.3 Å². The Kier molecular flexibility index (Phi) is 5.74. The predicted octanol–water partition coefficient (Wildman–Crippen LogP) is 2.77. The van der Waals surface area contributed by atoms with Gasteiger partial charge in [-0.25, -0.2) is 4.79 Å². The molecular formula is C18H18O4. The van der Waals surface area contributed by atoms with Crippen molar-refractivity contribution in [3.8, 4) is 5.75 Å². The lowest BCUT2D eigenvalue weighted by Gasteiger charge is -2.10. The summed E-state index contributed by atoms with van der Waals surface area (Å²) in [7, 11) is 1.58. The van der Waals surface area contributed by atoms with Crippen LogP contribution in [-0.4, -0.2) is 31.4 Å². The maximum Gasteiger partial charge on any atom is 0.338 e. The quantitative estimate of drug-likeness (QED) is 0.506. The Morgan fingerprint density at radius 1 is 1.09 bits per heavy atom. The van der Waals surface area contributed by atoms with E-state index in [1.807, 2.05) is 54.6 Å². The molecule has 0 atom stereocenters. The van der Waals surface area contributed by atoms with Gasteiger partial charge in [-0.3, -0.25) is 0 Å². The fourth-order valence-corrected chi connectivity index (χ4v) is 2.04. The number of aliphatic hydroxyl groups excluding tert-OH is 1. The molecule has 4 nitrogen and oxygen atoms in total. The van der Waals surface area contributed by atoms with Crippen LogP contribution in [0, 0.1) is 0 Å². The number of benzene rings is 2. The molecule has 114 valence electrons. The van der Waals surface area contributed by atoms with Crippen molar-refractivity contribution in [2.24, 2.45) is 0 Å². The van der Waals surface area contributed by atoms with Gasteiger partial charge in [0.15, 0.2) is 0 Å². The van der Waals surface area contributed by atoms with E-state index in [1.165, 1.54) is 0 Å². The van der Waals surface area contributed by atoms with Crippen LogP contribution in [0.15, 0.2) is 54.6 Å². The summed E-state index contributed by atoms with van der Waals surface area (Å²) in [6.07, 6.45) is 1.73. The zero-order valence-electron chi connectivity index (χ0n) is 12.4. The second kappa shape index (κ2) is 8.00. The Labute approximate surface area is 129 Å². The zero-order valence-corrected chi connectivity index (χ0v) is 12.4. The molecular weight excluding hydrogens is 280 g/mol. The summed E-state index contributed by atoms with van der Waals surface area (Å²) in [5.41, 5.74) is 1.94. The van der Waals surface area contributed by atoms with Crippen molar-refractivity contribution < 1.29 is 19.4 Å². The average Bonchev–Trinajstić information content (AvgIpc) is 2.58. The van der Waals surface area contributed by atoms with E-state index in [0.29, 0.717) is 11.3 Å². The number of carbonyl (C=O) groups excluding carboxylic acids is 1. The Hall–Kier alpha value is -2.59. The van der Waals surface area contributed by atoms with Crippen molar-refractivity contribution in [2.75, 3.05) is 20.3 Å². The molecule has 1 N–H and O–H groups in total. The van der Waals surface area contributed by atoms with Crippen LogP contribution < -0.4 is 4.74 Å². The smallest absolute Gasteiger partial charge is 0.338 e. The SMILES string of the molecule is COc1ccccc1/C=C(\C(=O)OCCO)c1ccccc1. The molecule has 0 aliphatic carbocycles. The Morgan fingerprint density at radius 2 is 1.77 bits per heavy atom. The van der Waals surface area contributed by atoms with Gasteiger partial charge in [-0.1, -0.05) is 48.5 Å². The summed E-state index contributed by atoms with van der Waals surface area (Å²) >= 11 is 0. The van der Waals surface area contributed by atoms with Crippen LogP contribution in [0.5, 0.6) is 5.75 Å². The first-order valence-corrected chi connectivity index (χ1v) is 6.94. The summed E-state index contributed by atoms with van der Waals surface area (Å²) in [5, 5.41) is 8.82. The first kappa shape index (κ1) is 15.8. The minimum Gasteiger partial charge on any atom is -0.496 e. The molecule has 4 heteroatoms. The number of methoxy groups -OCH3 is 1. The maximum atomic E-state index is 12.3. The van der Waals surface area contributed by atoms with Gasteiger partial charge < -0.3 is 14.6 Å².